The van der Waals surface area contributed by atoms with Crippen LogP contribution in [0.15, 0.2) is 24.3 Å². The molecule has 0 bridgehead atoms. The van der Waals surface area contributed by atoms with E-state index < -0.39 is 0 Å². The fourth-order valence-electron chi connectivity index (χ4n) is 2.46. The Bertz CT molecular complexity index is 657. The number of benzene rings is 1. The first-order valence-corrected chi connectivity index (χ1v) is 6.45. The van der Waals surface area contributed by atoms with E-state index in [1.165, 1.54) is 5.56 Å². The van der Waals surface area contributed by atoms with Gasteiger partial charge in [-0.2, -0.15) is 5.26 Å². The Kier molecular flexibility index (Phi) is 3.35. The number of nitrogen functional groups attached to an aromatic ring is 1. The fourth-order valence-corrected chi connectivity index (χ4v) is 2.46. The lowest BCUT2D eigenvalue weighted by molar-refractivity contribution is 0.843. The zero-order chi connectivity index (χ0) is 14.2. The summed E-state index contributed by atoms with van der Waals surface area (Å²) >= 11 is 0. The highest BCUT2D eigenvalue weighted by Gasteiger charge is 2.18. The molecule has 1 aromatic carbocycles. The van der Waals surface area contributed by atoms with Crippen LogP contribution in [0.2, 0.25) is 0 Å². The van der Waals surface area contributed by atoms with Gasteiger partial charge in [-0.15, -0.1) is 0 Å². The van der Waals surface area contributed by atoms with Gasteiger partial charge in [0.15, 0.2) is 0 Å². The number of rotatable bonds is 2. The fraction of sp³-hybridized carbons (Fsp3) is 0.312. The van der Waals surface area contributed by atoms with Crippen molar-refractivity contribution in [3.63, 3.8) is 0 Å². The van der Waals surface area contributed by atoms with E-state index in [9.17, 15) is 5.26 Å². The summed E-state index contributed by atoms with van der Waals surface area (Å²) in [5.74, 6) is 0.939. The minimum atomic E-state index is 0.406. The molecule has 0 fully saturated rings. The van der Waals surface area contributed by atoms with Crippen molar-refractivity contribution >= 4 is 5.82 Å². The highest BCUT2D eigenvalue weighted by molar-refractivity contribution is 5.63. The second kappa shape index (κ2) is 4.81. The molecule has 2 aromatic rings. The maximum Gasteiger partial charge on any atom is 0.126 e. The van der Waals surface area contributed by atoms with Crippen molar-refractivity contribution in [2.75, 3.05) is 5.73 Å². The van der Waals surface area contributed by atoms with Crippen molar-refractivity contribution in [3.8, 4) is 11.8 Å². The third-order valence-corrected chi connectivity index (χ3v) is 3.66. The number of hydrogen-bond acceptors (Lipinski definition) is 2. The van der Waals surface area contributed by atoms with E-state index in [-0.39, 0.29) is 0 Å². The van der Waals surface area contributed by atoms with E-state index in [0.717, 1.165) is 16.9 Å². The molecule has 0 saturated carbocycles. The molecule has 3 heteroatoms. The zero-order valence-corrected chi connectivity index (χ0v) is 11.9. The van der Waals surface area contributed by atoms with E-state index in [0.29, 0.717) is 17.3 Å². The number of anilines is 1. The minimum absolute atomic E-state index is 0.406. The third-order valence-electron chi connectivity index (χ3n) is 3.66. The predicted molar refractivity (Wildman–Crippen MR) is 78.5 cm³/mol. The molecule has 0 radical (unpaired) electrons. The van der Waals surface area contributed by atoms with E-state index in [1.807, 2.05) is 30.5 Å². The molecule has 0 aliphatic heterocycles. The number of hydrogen-bond donors (Lipinski definition) is 1. The second-order valence-corrected chi connectivity index (χ2v) is 5.13. The molecule has 3 nitrogen and oxygen atoms in total. The van der Waals surface area contributed by atoms with Crippen LogP contribution in [-0.4, -0.2) is 4.57 Å². The average molecular weight is 253 g/mol. The van der Waals surface area contributed by atoms with Crippen LogP contribution in [0.4, 0.5) is 5.82 Å². The van der Waals surface area contributed by atoms with Crippen LogP contribution in [0.25, 0.3) is 5.69 Å². The molecule has 2 rings (SSSR count). The van der Waals surface area contributed by atoms with Crippen molar-refractivity contribution < 1.29 is 0 Å². The van der Waals surface area contributed by atoms with E-state index in [1.54, 1.807) is 0 Å². The largest absolute Gasteiger partial charge is 0.384 e. The lowest BCUT2D eigenvalue weighted by atomic mass is 10.0. The molecular formula is C16H19N3. The van der Waals surface area contributed by atoms with Gasteiger partial charge in [0.1, 0.15) is 11.9 Å². The molecule has 0 atom stereocenters. The Morgan fingerprint density at radius 2 is 1.84 bits per heavy atom. The van der Waals surface area contributed by atoms with E-state index in [2.05, 4.69) is 32.0 Å². The molecule has 0 unspecified atom stereocenters. The second-order valence-electron chi connectivity index (χ2n) is 5.13. The molecule has 1 aromatic heterocycles. The van der Waals surface area contributed by atoms with Crippen LogP contribution in [0, 0.1) is 25.2 Å². The third kappa shape index (κ3) is 2.00. The van der Waals surface area contributed by atoms with Crippen molar-refractivity contribution in [2.45, 2.75) is 33.6 Å². The zero-order valence-electron chi connectivity index (χ0n) is 11.9. The first kappa shape index (κ1) is 13.2. The summed E-state index contributed by atoms with van der Waals surface area (Å²) in [6, 6.07) is 10.4. The van der Waals surface area contributed by atoms with Gasteiger partial charge in [-0.3, -0.25) is 4.57 Å². The maximum absolute atomic E-state index is 9.22. The molecule has 19 heavy (non-hydrogen) atoms. The number of para-hydroxylation sites is 1. The molecule has 2 N–H and O–H groups in total. The smallest absolute Gasteiger partial charge is 0.126 e. The summed E-state index contributed by atoms with van der Waals surface area (Å²) in [7, 11) is 0. The average Bonchev–Trinajstić information content (AvgIpc) is 2.60. The monoisotopic (exact) mass is 253 g/mol. The van der Waals surface area contributed by atoms with Crippen molar-refractivity contribution in [1.82, 2.24) is 4.57 Å². The van der Waals surface area contributed by atoms with Crippen LogP contribution in [-0.2, 0) is 0 Å². The van der Waals surface area contributed by atoms with Gasteiger partial charge in [-0.05, 0) is 37.0 Å². The first-order chi connectivity index (χ1) is 8.99. The van der Waals surface area contributed by atoms with E-state index in [4.69, 9.17) is 5.73 Å². The SMILES string of the molecule is Cc1c(C#N)c(N)n(-c2ccccc2C(C)C)c1C. The maximum atomic E-state index is 9.22. The summed E-state index contributed by atoms with van der Waals surface area (Å²) in [6.07, 6.45) is 0. The summed E-state index contributed by atoms with van der Waals surface area (Å²) in [6.45, 7) is 8.26. The first-order valence-electron chi connectivity index (χ1n) is 6.45. The molecular weight excluding hydrogens is 234 g/mol. The van der Waals surface area contributed by atoms with Gasteiger partial charge < -0.3 is 5.73 Å². The van der Waals surface area contributed by atoms with Crippen molar-refractivity contribution in [2.24, 2.45) is 0 Å². The lowest BCUT2D eigenvalue weighted by Gasteiger charge is -2.16. The van der Waals surface area contributed by atoms with Gasteiger partial charge >= 0.3 is 0 Å². The molecule has 98 valence electrons. The summed E-state index contributed by atoms with van der Waals surface area (Å²) in [5, 5.41) is 9.22. The van der Waals surface area contributed by atoms with Crippen molar-refractivity contribution in [1.29, 1.82) is 5.26 Å². The molecule has 1 heterocycles. The number of nitriles is 1. The highest BCUT2D eigenvalue weighted by atomic mass is 15.1. The van der Waals surface area contributed by atoms with Gasteiger partial charge in [0.05, 0.1) is 11.3 Å². The van der Waals surface area contributed by atoms with E-state index >= 15 is 0 Å². The molecule has 0 aliphatic rings. The van der Waals surface area contributed by atoms with Gasteiger partial charge in [0.25, 0.3) is 0 Å². The van der Waals surface area contributed by atoms with Crippen LogP contribution in [0.1, 0.15) is 42.1 Å². The van der Waals surface area contributed by atoms with Crippen LogP contribution in [0.3, 0.4) is 0 Å². The Morgan fingerprint density at radius 1 is 1.21 bits per heavy atom. The van der Waals surface area contributed by atoms with Gasteiger partial charge in [0.2, 0.25) is 0 Å². The van der Waals surface area contributed by atoms with Gasteiger partial charge in [-0.25, -0.2) is 0 Å². The Hall–Kier alpha value is -2.21. The quantitative estimate of drug-likeness (QED) is 0.887. The Labute approximate surface area is 114 Å². The number of nitrogens with two attached hydrogens (primary N) is 1. The molecule has 0 spiro atoms. The minimum Gasteiger partial charge on any atom is -0.384 e. The normalized spacial score (nSPS) is 10.7. The highest BCUT2D eigenvalue weighted by Crippen LogP contribution is 2.31. The number of aromatic nitrogens is 1. The topological polar surface area (TPSA) is 54.7 Å². The summed E-state index contributed by atoms with van der Waals surface area (Å²) in [4.78, 5) is 0. The Morgan fingerprint density at radius 3 is 2.37 bits per heavy atom. The van der Waals surface area contributed by atoms with Crippen LogP contribution in [0.5, 0.6) is 0 Å². The van der Waals surface area contributed by atoms with Crippen LogP contribution < -0.4 is 5.73 Å². The number of nitrogens with zero attached hydrogens (tertiary/aromatic N) is 2. The molecule has 0 saturated heterocycles. The molecule has 0 amide bonds. The lowest BCUT2D eigenvalue weighted by Crippen LogP contribution is -2.06. The van der Waals surface area contributed by atoms with Gasteiger partial charge in [-0.1, -0.05) is 32.0 Å². The summed E-state index contributed by atoms with van der Waals surface area (Å²) < 4.78 is 1.99. The van der Waals surface area contributed by atoms with Crippen molar-refractivity contribution in [3.05, 3.63) is 46.6 Å². The standard InChI is InChI=1S/C16H19N3/c1-10(2)13-7-5-6-8-15(13)19-12(4)11(3)14(9-17)16(19)18/h5-8,10H,18H2,1-4H3. The predicted octanol–water partition coefficient (Wildman–Crippen LogP) is 3.67. The van der Waals surface area contributed by atoms with Gasteiger partial charge in [0, 0.05) is 5.69 Å². The molecule has 0 aliphatic carbocycles. The summed E-state index contributed by atoms with van der Waals surface area (Å²) in [5.41, 5.74) is 11.0. The Balaban J connectivity index is 2.78. The van der Waals surface area contributed by atoms with Crippen LogP contribution >= 0.6 is 0 Å².